The minimum Gasteiger partial charge on any atom is -0.388 e. The molecule has 2 fully saturated rings. The Kier molecular flexibility index (Phi) is 9.09. The van der Waals surface area contributed by atoms with Crippen molar-refractivity contribution in [1.29, 1.82) is 0 Å². The van der Waals surface area contributed by atoms with Gasteiger partial charge in [-0.3, -0.25) is 19.0 Å². The molecule has 1 aromatic rings. The van der Waals surface area contributed by atoms with Crippen molar-refractivity contribution < 1.29 is 19.4 Å². The highest BCUT2D eigenvalue weighted by Crippen LogP contribution is 2.26. The molecule has 0 aliphatic carbocycles. The number of allylic oxidation sites excluding steroid dienone is 4. The van der Waals surface area contributed by atoms with Crippen LogP contribution in [0.4, 0.5) is 5.82 Å². The van der Waals surface area contributed by atoms with Gasteiger partial charge in [0.15, 0.2) is 5.60 Å². The van der Waals surface area contributed by atoms with Crippen molar-refractivity contribution >= 4 is 17.6 Å². The van der Waals surface area contributed by atoms with Crippen LogP contribution in [-0.2, 0) is 20.9 Å². The molecular weight excluding hydrogens is 474 g/mol. The zero-order chi connectivity index (χ0) is 27.2. The van der Waals surface area contributed by atoms with Crippen LogP contribution in [0.1, 0.15) is 32.6 Å². The lowest BCUT2D eigenvalue weighted by Gasteiger charge is -2.41. The molecule has 0 aromatic carbocycles. The summed E-state index contributed by atoms with van der Waals surface area (Å²) >= 11 is 0. The first-order valence-electron chi connectivity index (χ1n) is 12.6. The lowest BCUT2D eigenvalue weighted by atomic mass is 9.91. The second kappa shape index (κ2) is 11.9. The zero-order valence-electron chi connectivity index (χ0n) is 22.2. The Balaban J connectivity index is 1.59. The molecular formula is C27H39N5O5. The number of anilines is 1. The van der Waals surface area contributed by atoms with Crippen molar-refractivity contribution in [2.45, 2.75) is 50.4 Å². The summed E-state index contributed by atoms with van der Waals surface area (Å²) in [5.74, 6) is 0.360. The molecule has 1 unspecified atom stereocenters. The first-order chi connectivity index (χ1) is 17.5. The lowest BCUT2D eigenvalue weighted by Crippen LogP contribution is -2.58. The Hall–Kier alpha value is -3.24. The molecule has 202 valence electrons. The van der Waals surface area contributed by atoms with E-state index in [2.05, 4.69) is 18.1 Å². The number of hydrogen-bond acceptors (Lipinski definition) is 7. The van der Waals surface area contributed by atoms with Crippen LogP contribution in [0.3, 0.4) is 0 Å². The number of morpholine rings is 1. The molecule has 1 N–H and O–H groups in total. The summed E-state index contributed by atoms with van der Waals surface area (Å²) in [5.41, 5.74) is -1.45. The molecule has 10 nitrogen and oxygen atoms in total. The number of hydrogen-bond donors (Lipinski definition) is 1. The summed E-state index contributed by atoms with van der Waals surface area (Å²) in [4.78, 5) is 47.7. The number of likely N-dealkylation sites (tertiary alicyclic amines) is 1. The third kappa shape index (κ3) is 6.95. The first kappa shape index (κ1) is 28.3. The molecule has 3 rings (SSSR count). The minimum absolute atomic E-state index is 0.0345. The van der Waals surface area contributed by atoms with Crippen LogP contribution in [0.25, 0.3) is 0 Å². The monoisotopic (exact) mass is 513 g/mol. The van der Waals surface area contributed by atoms with Crippen LogP contribution in [0, 0.1) is 0 Å². The molecule has 0 bridgehead atoms. The SMILES string of the molecule is C=C/C=C(\C=C)CCC(=O)N1CCC(O)(Cn2cnc(N3CCOC(C)(C(=O)N(C)C)C3)cc2=O)CC1. The summed E-state index contributed by atoms with van der Waals surface area (Å²) in [6, 6.07) is 1.43. The number of carbonyl (C=O) groups is 2. The van der Waals surface area contributed by atoms with E-state index in [1.807, 2.05) is 11.0 Å². The molecule has 0 spiro atoms. The standard InChI is InChI=1S/C27H39N5O5/c1-6-8-21(7-2)9-10-23(33)30-13-11-27(36,12-14-30)19-32-20-28-22(17-24(32)34)31-15-16-37-26(3,18-31)25(35)29(4)5/h6-8,17,20,36H,1-2,9-16,18-19H2,3-5H3/b21-8+. The molecule has 3 heterocycles. The van der Waals surface area contributed by atoms with E-state index < -0.39 is 11.2 Å². The van der Waals surface area contributed by atoms with Gasteiger partial charge in [0, 0.05) is 46.2 Å². The second-order valence-corrected chi connectivity index (χ2v) is 10.2. The summed E-state index contributed by atoms with van der Waals surface area (Å²) in [7, 11) is 3.36. The van der Waals surface area contributed by atoms with Gasteiger partial charge in [0.25, 0.3) is 11.5 Å². The highest BCUT2D eigenvalue weighted by atomic mass is 16.5. The van der Waals surface area contributed by atoms with E-state index >= 15 is 0 Å². The predicted molar refractivity (Wildman–Crippen MR) is 142 cm³/mol. The fourth-order valence-corrected chi connectivity index (χ4v) is 4.84. The van der Waals surface area contributed by atoms with E-state index in [1.54, 1.807) is 38.1 Å². The fourth-order valence-electron chi connectivity index (χ4n) is 4.84. The average Bonchev–Trinajstić information content (AvgIpc) is 2.87. The van der Waals surface area contributed by atoms with E-state index in [0.717, 1.165) is 5.57 Å². The third-order valence-electron chi connectivity index (χ3n) is 7.06. The normalized spacial score (nSPS) is 21.9. The topological polar surface area (TPSA) is 108 Å². The Morgan fingerprint density at radius 1 is 1.22 bits per heavy atom. The molecule has 1 atom stereocenters. The maximum atomic E-state index is 12.9. The van der Waals surface area contributed by atoms with Gasteiger partial charge in [-0.2, -0.15) is 0 Å². The fraction of sp³-hybridized carbons (Fsp3) is 0.556. The number of aromatic nitrogens is 2. The molecule has 0 radical (unpaired) electrons. The van der Waals surface area contributed by atoms with Gasteiger partial charge in [-0.1, -0.05) is 31.4 Å². The highest BCUT2D eigenvalue weighted by Gasteiger charge is 2.41. The Bertz CT molecular complexity index is 1100. The smallest absolute Gasteiger partial charge is 0.255 e. The van der Waals surface area contributed by atoms with Gasteiger partial charge in [-0.05, 0) is 31.8 Å². The van der Waals surface area contributed by atoms with E-state index in [-0.39, 0.29) is 30.5 Å². The summed E-state index contributed by atoms with van der Waals surface area (Å²) in [6.07, 6.45) is 8.39. The predicted octanol–water partition coefficient (Wildman–Crippen LogP) is 1.36. The van der Waals surface area contributed by atoms with E-state index in [1.165, 1.54) is 21.9 Å². The van der Waals surface area contributed by atoms with E-state index in [4.69, 9.17) is 4.74 Å². The van der Waals surface area contributed by atoms with Crippen LogP contribution in [-0.4, -0.2) is 94.4 Å². The minimum atomic E-state index is -1.10. The number of nitrogens with zero attached hydrogens (tertiary/aromatic N) is 5. The summed E-state index contributed by atoms with van der Waals surface area (Å²) in [5, 5.41) is 11.1. The number of aliphatic hydroxyl groups is 1. The third-order valence-corrected chi connectivity index (χ3v) is 7.06. The molecule has 1 aromatic heterocycles. The molecule has 2 aliphatic heterocycles. The number of piperidine rings is 1. The van der Waals surface area contributed by atoms with Crippen LogP contribution in [0.5, 0.6) is 0 Å². The molecule has 10 heteroatoms. The van der Waals surface area contributed by atoms with Gasteiger partial charge in [0.05, 0.1) is 31.6 Å². The Labute approximate surface area is 218 Å². The largest absolute Gasteiger partial charge is 0.388 e. The Morgan fingerprint density at radius 2 is 1.92 bits per heavy atom. The van der Waals surface area contributed by atoms with Gasteiger partial charge in [0.2, 0.25) is 5.91 Å². The average molecular weight is 514 g/mol. The van der Waals surface area contributed by atoms with Crippen molar-refractivity contribution in [3.63, 3.8) is 0 Å². The Morgan fingerprint density at radius 3 is 2.51 bits per heavy atom. The first-order valence-corrected chi connectivity index (χ1v) is 12.6. The summed E-state index contributed by atoms with van der Waals surface area (Å²) < 4.78 is 7.17. The van der Waals surface area contributed by atoms with Crippen molar-refractivity contribution in [3.8, 4) is 0 Å². The molecule has 37 heavy (non-hydrogen) atoms. The number of likely N-dealkylation sites (N-methyl/N-ethyl adjacent to an activating group) is 1. The second-order valence-electron chi connectivity index (χ2n) is 10.2. The van der Waals surface area contributed by atoms with Crippen LogP contribution in [0.15, 0.2) is 54.1 Å². The van der Waals surface area contributed by atoms with Gasteiger partial charge >= 0.3 is 0 Å². The van der Waals surface area contributed by atoms with Crippen molar-refractivity contribution in [3.05, 3.63) is 59.7 Å². The van der Waals surface area contributed by atoms with Crippen molar-refractivity contribution in [1.82, 2.24) is 19.4 Å². The molecule has 2 amide bonds. The lowest BCUT2D eigenvalue weighted by molar-refractivity contribution is -0.155. The molecule has 0 saturated carbocycles. The van der Waals surface area contributed by atoms with E-state index in [9.17, 15) is 19.5 Å². The maximum absolute atomic E-state index is 12.9. The van der Waals surface area contributed by atoms with Crippen LogP contribution < -0.4 is 10.5 Å². The number of ether oxygens (including phenoxy) is 1. The zero-order valence-corrected chi connectivity index (χ0v) is 22.2. The molecule has 2 saturated heterocycles. The van der Waals surface area contributed by atoms with Gasteiger partial charge < -0.3 is 24.5 Å². The van der Waals surface area contributed by atoms with Gasteiger partial charge in [-0.25, -0.2) is 4.98 Å². The molecule has 2 aliphatic rings. The number of amides is 2. The number of rotatable bonds is 9. The quantitative estimate of drug-likeness (QED) is 0.497. The van der Waals surface area contributed by atoms with Crippen molar-refractivity contribution in [2.75, 3.05) is 51.8 Å². The van der Waals surface area contributed by atoms with Crippen molar-refractivity contribution in [2.24, 2.45) is 0 Å². The number of carbonyl (C=O) groups excluding carboxylic acids is 2. The maximum Gasteiger partial charge on any atom is 0.255 e. The van der Waals surface area contributed by atoms with Crippen LogP contribution >= 0.6 is 0 Å². The van der Waals surface area contributed by atoms with Crippen LogP contribution in [0.2, 0.25) is 0 Å². The van der Waals surface area contributed by atoms with Gasteiger partial charge in [0.1, 0.15) is 5.82 Å². The van der Waals surface area contributed by atoms with Gasteiger partial charge in [-0.15, -0.1) is 0 Å². The van der Waals surface area contributed by atoms with E-state index in [0.29, 0.717) is 57.7 Å². The highest BCUT2D eigenvalue weighted by molar-refractivity contribution is 5.85. The summed E-state index contributed by atoms with van der Waals surface area (Å²) in [6.45, 7) is 11.3.